The van der Waals surface area contributed by atoms with Crippen molar-refractivity contribution in [3.05, 3.63) is 54.6 Å². The van der Waals surface area contributed by atoms with Gasteiger partial charge in [0.25, 0.3) is 11.1 Å². The summed E-state index contributed by atoms with van der Waals surface area (Å²) in [7, 11) is 1.44. The van der Waals surface area contributed by atoms with E-state index in [1.54, 1.807) is 10.7 Å². The van der Waals surface area contributed by atoms with Gasteiger partial charge in [-0.1, -0.05) is 0 Å². The molecule has 1 fully saturated rings. The molecule has 0 radical (unpaired) electrons. The van der Waals surface area contributed by atoms with Gasteiger partial charge >= 0.3 is 5.69 Å². The van der Waals surface area contributed by atoms with E-state index >= 15 is 0 Å². The number of hydrogen-bond donors (Lipinski definition) is 2. The average Bonchev–Trinajstić information content (AvgIpc) is 2.66. The Kier molecular flexibility index (Phi) is 4.72. The lowest BCUT2D eigenvalue weighted by Crippen LogP contribution is -2.36. The van der Waals surface area contributed by atoms with Gasteiger partial charge in [-0.2, -0.15) is 5.10 Å². The van der Waals surface area contributed by atoms with Crippen molar-refractivity contribution in [3.63, 3.8) is 0 Å². The molecule has 1 saturated carbocycles. The molecular weight excluding hydrogens is 346 g/mol. The molecular formula is C19H25N5O3. The first kappa shape index (κ1) is 17.8. The van der Waals surface area contributed by atoms with Gasteiger partial charge in [-0.3, -0.25) is 19.1 Å². The van der Waals surface area contributed by atoms with Crippen LogP contribution in [-0.2, 0) is 19.9 Å². The molecule has 27 heavy (non-hydrogen) atoms. The number of anilines is 1. The van der Waals surface area contributed by atoms with Gasteiger partial charge in [0.05, 0.1) is 11.7 Å². The fourth-order valence-corrected chi connectivity index (χ4v) is 4.16. The second-order valence-corrected chi connectivity index (χ2v) is 7.64. The zero-order chi connectivity index (χ0) is 19.0. The van der Waals surface area contributed by atoms with E-state index in [2.05, 4.69) is 15.4 Å². The van der Waals surface area contributed by atoms with Crippen molar-refractivity contribution in [2.45, 2.75) is 63.5 Å². The van der Waals surface area contributed by atoms with Crippen molar-refractivity contribution in [2.75, 3.05) is 5.32 Å². The summed E-state index contributed by atoms with van der Waals surface area (Å²) in [6.07, 6.45) is 7.60. The summed E-state index contributed by atoms with van der Waals surface area (Å²) in [6, 6.07) is 3.46. The second kappa shape index (κ2) is 7.17. The number of H-pyrrole nitrogens is 1. The summed E-state index contributed by atoms with van der Waals surface area (Å²) in [5.41, 5.74) is 1.44. The lowest BCUT2D eigenvalue weighted by Gasteiger charge is -2.30. The monoisotopic (exact) mass is 371 g/mol. The van der Waals surface area contributed by atoms with Gasteiger partial charge in [-0.05, 0) is 56.9 Å². The first-order valence-corrected chi connectivity index (χ1v) is 9.70. The highest BCUT2D eigenvalue weighted by Crippen LogP contribution is 2.29. The highest BCUT2D eigenvalue weighted by atomic mass is 16.2. The van der Waals surface area contributed by atoms with Gasteiger partial charge in [0, 0.05) is 25.2 Å². The van der Waals surface area contributed by atoms with Crippen LogP contribution in [0.4, 0.5) is 5.82 Å². The zero-order valence-electron chi connectivity index (χ0n) is 15.5. The molecule has 0 bridgehead atoms. The molecule has 0 amide bonds. The Hall–Kier alpha value is -2.64. The summed E-state index contributed by atoms with van der Waals surface area (Å²) in [5, 5.41) is 7.92. The third kappa shape index (κ3) is 3.61. The van der Waals surface area contributed by atoms with Crippen molar-refractivity contribution >= 4 is 5.82 Å². The molecule has 8 heteroatoms. The Morgan fingerprint density at radius 1 is 1.04 bits per heavy atom. The molecule has 0 aliphatic heterocycles. The van der Waals surface area contributed by atoms with Crippen molar-refractivity contribution < 1.29 is 0 Å². The van der Waals surface area contributed by atoms with Gasteiger partial charge in [-0.15, -0.1) is 0 Å². The first-order valence-electron chi connectivity index (χ1n) is 9.70. The number of hydrogen-bond acceptors (Lipinski definition) is 5. The van der Waals surface area contributed by atoms with Crippen LogP contribution in [0.3, 0.4) is 0 Å². The van der Waals surface area contributed by atoms with Crippen LogP contribution in [0.1, 0.15) is 55.8 Å². The largest absolute Gasteiger partial charge is 0.369 e. The molecule has 2 aliphatic carbocycles. The van der Waals surface area contributed by atoms with Crippen LogP contribution in [0.25, 0.3) is 0 Å². The standard InChI is InChI=1S/C19H25N5O3/c1-23-17(25)11-16(21-19(23)27)20-13-6-8-14(9-7-13)24-18(26)10-12-4-2-3-5-15(12)22-24/h10-11,13-14,20H,2-9H2,1H3,(H,21,27). The fraction of sp³-hybridized carbons (Fsp3) is 0.579. The summed E-state index contributed by atoms with van der Waals surface area (Å²) in [5.74, 6) is 0.454. The molecule has 8 nitrogen and oxygen atoms in total. The Morgan fingerprint density at radius 2 is 1.78 bits per heavy atom. The summed E-state index contributed by atoms with van der Waals surface area (Å²) in [6.45, 7) is 0. The molecule has 0 saturated heterocycles. The Labute approximate surface area is 156 Å². The topological polar surface area (TPSA) is 102 Å². The van der Waals surface area contributed by atoms with Crippen LogP contribution in [0.2, 0.25) is 0 Å². The van der Waals surface area contributed by atoms with E-state index in [1.165, 1.54) is 13.1 Å². The molecule has 2 aromatic heterocycles. The molecule has 0 aromatic carbocycles. The SMILES string of the molecule is Cn1c(=O)cc(NC2CCC(n3nc4c(cc3=O)CCCC4)CC2)[nH]c1=O. The molecule has 0 spiro atoms. The lowest BCUT2D eigenvalue weighted by atomic mass is 9.91. The van der Waals surface area contributed by atoms with E-state index in [1.807, 2.05) is 0 Å². The fourth-order valence-electron chi connectivity index (χ4n) is 4.16. The molecule has 0 unspecified atom stereocenters. The minimum absolute atomic E-state index is 0.00273. The highest BCUT2D eigenvalue weighted by Gasteiger charge is 2.25. The predicted molar refractivity (Wildman–Crippen MR) is 102 cm³/mol. The predicted octanol–water partition coefficient (Wildman–Crippen LogP) is 1.10. The number of rotatable bonds is 3. The Morgan fingerprint density at radius 3 is 2.52 bits per heavy atom. The van der Waals surface area contributed by atoms with E-state index in [0.29, 0.717) is 5.82 Å². The lowest BCUT2D eigenvalue weighted by molar-refractivity contribution is 0.300. The minimum Gasteiger partial charge on any atom is -0.369 e. The normalized spacial score (nSPS) is 22.3. The number of nitrogens with zero attached hydrogens (tertiary/aromatic N) is 3. The molecule has 2 aliphatic rings. The van der Waals surface area contributed by atoms with Crippen LogP contribution in [-0.4, -0.2) is 25.4 Å². The highest BCUT2D eigenvalue weighted by molar-refractivity contribution is 5.33. The summed E-state index contributed by atoms with van der Waals surface area (Å²) >= 11 is 0. The maximum atomic E-state index is 12.5. The van der Waals surface area contributed by atoms with E-state index < -0.39 is 5.69 Å². The van der Waals surface area contributed by atoms with Gasteiger partial charge in [0.15, 0.2) is 0 Å². The van der Waals surface area contributed by atoms with E-state index in [0.717, 1.165) is 67.2 Å². The van der Waals surface area contributed by atoms with Gasteiger partial charge in [-0.25, -0.2) is 9.48 Å². The first-order chi connectivity index (χ1) is 13.0. The molecule has 4 rings (SSSR count). The van der Waals surface area contributed by atoms with E-state index in [4.69, 9.17) is 0 Å². The molecule has 2 aromatic rings. The van der Waals surface area contributed by atoms with Gasteiger partial charge in [0.2, 0.25) is 0 Å². The maximum Gasteiger partial charge on any atom is 0.329 e. The summed E-state index contributed by atoms with van der Waals surface area (Å²) < 4.78 is 2.72. The summed E-state index contributed by atoms with van der Waals surface area (Å²) in [4.78, 5) is 38.6. The number of aromatic amines is 1. The maximum absolute atomic E-state index is 12.5. The second-order valence-electron chi connectivity index (χ2n) is 7.64. The van der Waals surface area contributed by atoms with Gasteiger partial charge < -0.3 is 5.32 Å². The zero-order valence-corrected chi connectivity index (χ0v) is 15.5. The van der Waals surface area contributed by atoms with E-state index in [9.17, 15) is 14.4 Å². The minimum atomic E-state index is -0.427. The van der Waals surface area contributed by atoms with Gasteiger partial charge in [0.1, 0.15) is 5.82 Å². The quantitative estimate of drug-likeness (QED) is 0.841. The van der Waals surface area contributed by atoms with Crippen LogP contribution in [0.5, 0.6) is 0 Å². The molecule has 2 N–H and O–H groups in total. The third-order valence-electron chi connectivity index (χ3n) is 5.78. The third-order valence-corrected chi connectivity index (χ3v) is 5.78. The van der Waals surface area contributed by atoms with Crippen molar-refractivity contribution in [2.24, 2.45) is 7.05 Å². The Bertz CT molecular complexity index is 980. The number of aryl methyl sites for hydroxylation is 2. The average molecular weight is 371 g/mol. The van der Waals surface area contributed by atoms with E-state index in [-0.39, 0.29) is 23.2 Å². The molecule has 0 atom stereocenters. The van der Waals surface area contributed by atoms with Crippen molar-refractivity contribution in [1.29, 1.82) is 0 Å². The van der Waals surface area contributed by atoms with Crippen molar-refractivity contribution in [3.8, 4) is 0 Å². The van der Waals surface area contributed by atoms with Crippen molar-refractivity contribution in [1.82, 2.24) is 19.3 Å². The number of aromatic nitrogens is 4. The van der Waals surface area contributed by atoms with Crippen LogP contribution in [0, 0.1) is 0 Å². The Balaban J connectivity index is 1.44. The van der Waals surface area contributed by atoms with Crippen LogP contribution >= 0.6 is 0 Å². The van der Waals surface area contributed by atoms with Crippen LogP contribution < -0.4 is 22.1 Å². The number of fused-ring (bicyclic) bond motifs is 1. The molecule has 2 heterocycles. The number of nitrogens with one attached hydrogen (secondary N) is 2. The molecule has 144 valence electrons. The smallest absolute Gasteiger partial charge is 0.329 e. The van der Waals surface area contributed by atoms with Crippen LogP contribution in [0.15, 0.2) is 26.5 Å².